The molecule has 3 heteroatoms. The average molecular weight is 460 g/mol. The fourth-order valence-electron chi connectivity index (χ4n) is 4.29. The summed E-state index contributed by atoms with van der Waals surface area (Å²) in [6, 6.07) is 13.2. The van der Waals surface area contributed by atoms with Crippen LogP contribution < -0.4 is 5.32 Å². The zero-order valence-corrected chi connectivity index (χ0v) is 22.7. The van der Waals surface area contributed by atoms with E-state index < -0.39 is 0 Å². The molecule has 0 amide bonds. The van der Waals surface area contributed by atoms with Crippen LogP contribution >= 0.6 is 0 Å². The summed E-state index contributed by atoms with van der Waals surface area (Å²) in [4.78, 5) is 7.58. The molecule has 0 spiro atoms. The lowest BCUT2D eigenvalue weighted by Gasteiger charge is -2.29. The van der Waals surface area contributed by atoms with E-state index in [9.17, 15) is 0 Å². The fraction of sp³-hybridized carbons (Fsp3) is 0.452. The van der Waals surface area contributed by atoms with Crippen LogP contribution in [0.5, 0.6) is 0 Å². The molecular formula is C31H45N3. The van der Waals surface area contributed by atoms with Gasteiger partial charge >= 0.3 is 0 Å². The van der Waals surface area contributed by atoms with Crippen LogP contribution in [0.15, 0.2) is 66.7 Å². The molecule has 0 aromatic heterocycles. The van der Waals surface area contributed by atoms with E-state index in [1.165, 1.54) is 22.3 Å². The Balaban J connectivity index is 2.83. The highest BCUT2D eigenvalue weighted by Gasteiger charge is 2.20. The van der Waals surface area contributed by atoms with Gasteiger partial charge in [0.2, 0.25) is 5.96 Å². The van der Waals surface area contributed by atoms with E-state index >= 15 is 0 Å². The van der Waals surface area contributed by atoms with E-state index in [2.05, 4.69) is 115 Å². The van der Waals surface area contributed by atoms with Crippen molar-refractivity contribution < 1.29 is 0 Å². The first-order valence-corrected chi connectivity index (χ1v) is 12.7. The third kappa shape index (κ3) is 6.62. The van der Waals surface area contributed by atoms with E-state index in [0.717, 1.165) is 17.3 Å². The molecule has 0 atom stereocenters. The van der Waals surface area contributed by atoms with Crippen molar-refractivity contribution in [3.63, 3.8) is 0 Å². The van der Waals surface area contributed by atoms with Crippen LogP contribution in [0, 0.1) is 0 Å². The van der Waals surface area contributed by atoms with Gasteiger partial charge in [0.25, 0.3) is 0 Å². The van der Waals surface area contributed by atoms with Crippen molar-refractivity contribution in [3.05, 3.63) is 84.0 Å². The van der Waals surface area contributed by atoms with Gasteiger partial charge in [0.15, 0.2) is 0 Å². The molecule has 2 aromatic rings. The molecule has 184 valence electrons. The quantitative estimate of drug-likeness (QED) is 0.218. The fourth-order valence-corrected chi connectivity index (χ4v) is 4.29. The predicted octanol–water partition coefficient (Wildman–Crippen LogP) is 8.95. The first-order valence-electron chi connectivity index (χ1n) is 12.7. The van der Waals surface area contributed by atoms with Gasteiger partial charge in [0.1, 0.15) is 0 Å². The van der Waals surface area contributed by atoms with Crippen LogP contribution in [-0.2, 0) is 0 Å². The number of benzene rings is 2. The Hall–Kier alpha value is -2.81. The highest BCUT2D eigenvalue weighted by Crippen LogP contribution is 2.36. The highest BCUT2D eigenvalue weighted by atomic mass is 15.3. The lowest BCUT2D eigenvalue weighted by molar-refractivity contribution is 0.512. The number of nitrogens with zero attached hydrogens (tertiary/aromatic N) is 2. The maximum Gasteiger partial charge on any atom is 0.204 e. The van der Waals surface area contributed by atoms with Gasteiger partial charge in [-0.3, -0.25) is 0 Å². The topological polar surface area (TPSA) is 27.6 Å². The largest absolute Gasteiger partial charge is 0.335 e. The first kappa shape index (κ1) is 27.4. The van der Waals surface area contributed by atoms with Gasteiger partial charge in [0, 0.05) is 18.8 Å². The Morgan fingerprint density at radius 3 is 1.47 bits per heavy atom. The van der Waals surface area contributed by atoms with E-state index in [1.807, 2.05) is 12.2 Å². The van der Waals surface area contributed by atoms with Crippen molar-refractivity contribution in [2.24, 2.45) is 4.99 Å². The number of nitrogens with one attached hydrogen (secondary N) is 1. The summed E-state index contributed by atoms with van der Waals surface area (Å²) in [5, 5.41) is 3.81. The van der Waals surface area contributed by atoms with Gasteiger partial charge in [-0.2, -0.15) is 0 Å². The van der Waals surface area contributed by atoms with Crippen molar-refractivity contribution >= 4 is 17.3 Å². The SMILES string of the molecule is C=CCN(CC=C)/C(=N\c1c(C(C)C)cccc1C(C)C)Nc1c(C(C)C)cccc1C(C)C. The average Bonchev–Trinajstić information content (AvgIpc) is 2.78. The van der Waals surface area contributed by atoms with Gasteiger partial charge in [-0.05, 0) is 45.9 Å². The van der Waals surface area contributed by atoms with Crippen LogP contribution in [0.3, 0.4) is 0 Å². The molecule has 0 fully saturated rings. The molecule has 3 nitrogen and oxygen atoms in total. The Morgan fingerprint density at radius 2 is 1.12 bits per heavy atom. The summed E-state index contributed by atoms with van der Waals surface area (Å²) in [5.41, 5.74) is 7.38. The Bertz CT molecular complexity index is 933. The van der Waals surface area contributed by atoms with Gasteiger partial charge in [-0.25, -0.2) is 4.99 Å². The van der Waals surface area contributed by atoms with Gasteiger partial charge in [0.05, 0.1) is 5.69 Å². The van der Waals surface area contributed by atoms with Gasteiger partial charge in [-0.1, -0.05) is 104 Å². The predicted molar refractivity (Wildman–Crippen MR) is 152 cm³/mol. The summed E-state index contributed by atoms with van der Waals surface area (Å²) in [6.45, 7) is 27.3. The normalized spacial score (nSPS) is 12.1. The molecule has 0 heterocycles. The highest BCUT2D eigenvalue weighted by molar-refractivity contribution is 5.97. The maximum atomic E-state index is 5.37. The molecular weight excluding hydrogens is 414 g/mol. The third-order valence-electron chi connectivity index (χ3n) is 6.17. The van der Waals surface area contributed by atoms with E-state index in [-0.39, 0.29) is 0 Å². The molecule has 0 aliphatic heterocycles. The summed E-state index contributed by atoms with van der Waals surface area (Å²) in [5.74, 6) is 2.37. The van der Waals surface area contributed by atoms with Gasteiger partial charge in [-0.15, -0.1) is 13.2 Å². The maximum absolute atomic E-state index is 5.37. The number of hydrogen-bond donors (Lipinski definition) is 1. The summed E-state index contributed by atoms with van der Waals surface area (Å²) < 4.78 is 0. The Kier molecular flexibility index (Phi) is 10.2. The van der Waals surface area contributed by atoms with Crippen LogP contribution in [0.4, 0.5) is 11.4 Å². The second-order valence-corrected chi connectivity index (χ2v) is 10.3. The number of hydrogen-bond acceptors (Lipinski definition) is 1. The number of anilines is 1. The standard InChI is InChI=1S/C31H45N3/c1-11-19-34(20-12-2)31(32-29-25(21(3)4)15-13-16-26(29)22(5)6)33-30-27(23(7)8)17-14-18-28(30)24(9)10/h11-18,21-24H,1-2,19-20H2,3-10H3,(H,32,33). The molecule has 2 aromatic carbocycles. The molecule has 0 aliphatic rings. The lowest BCUT2D eigenvalue weighted by atomic mass is 9.92. The molecule has 0 saturated carbocycles. The second-order valence-electron chi connectivity index (χ2n) is 10.3. The zero-order valence-electron chi connectivity index (χ0n) is 22.7. The molecule has 0 unspecified atom stereocenters. The number of aliphatic imine (C=N–C) groups is 1. The number of rotatable bonds is 10. The Labute approximate surface area is 208 Å². The van der Waals surface area contributed by atoms with Crippen LogP contribution in [0.25, 0.3) is 0 Å². The van der Waals surface area contributed by atoms with Crippen LogP contribution in [0.2, 0.25) is 0 Å². The van der Waals surface area contributed by atoms with Crippen molar-refractivity contribution in [2.45, 2.75) is 79.1 Å². The molecule has 1 N–H and O–H groups in total. The molecule has 2 rings (SSSR count). The van der Waals surface area contributed by atoms with Gasteiger partial charge < -0.3 is 10.2 Å². The van der Waals surface area contributed by atoms with Crippen molar-refractivity contribution in [2.75, 3.05) is 18.4 Å². The van der Waals surface area contributed by atoms with Crippen LogP contribution in [-0.4, -0.2) is 23.9 Å². The monoisotopic (exact) mass is 459 g/mol. The smallest absolute Gasteiger partial charge is 0.204 e. The van der Waals surface area contributed by atoms with Crippen LogP contribution in [0.1, 0.15) is 101 Å². The third-order valence-corrected chi connectivity index (χ3v) is 6.17. The Morgan fingerprint density at radius 1 is 0.735 bits per heavy atom. The van der Waals surface area contributed by atoms with Crippen molar-refractivity contribution in [3.8, 4) is 0 Å². The summed E-state index contributed by atoms with van der Waals surface area (Å²) in [6.07, 6.45) is 3.85. The molecule has 34 heavy (non-hydrogen) atoms. The zero-order chi connectivity index (χ0) is 25.4. The van der Waals surface area contributed by atoms with E-state index in [0.29, 0.717) is 36.8 Å². The minimum absolute atomic E-state index is 0.375. The molecule has 0 radical (unpaired) electrons. The van der Waals surface area contributed by atoms with Crippen molar-refractivity contribution in [1.29, 1.82) is 0 Å². The van der Waals surface area contributed by atoms with Crippen molar-refractivity contribution in [1.82, 2.24) is 4.90 Å². The second kappa shape index (κ2) is 12.6. The minimum atomic E-state index is 0.375. The first-order chi connectivity index (χ1) is 16.1. The number of guanidine groups is 1. The summed E-state index contributed by atoms with van der Waals surface area (Å²) >= 11 is 0. The van der Waals surface area contributed by atoms with E-state index in [4.69, 9.17) is 4.99 Å². The number of para-hydroxylation sites is 2. The minimum Gasteiger partial charge on any atom is -0.335 e. The molecule has 0 bridgehead atoms. The molecule has 0 saturated heterocycles. The lowest BCUT2D eigenvalue weighted by Crippen LogP contribution is -2.37. The van der Waals surface area contributed by atoms with E-state index in [1.54, 1.807) is 0 Å². The molecule has 0 aliphatic carbocycles. The summed E-state index contributed by atoms with van der Waals surface area (Å²) in [7, 11) is 0.